The summed E-state index contributed by atoms with van der Waals surface area (Å²) in [5.41, 5.74) is 2.77. The summed E-state index contributed by atoms with van der Waals surface area (Å²) in [4.78, 5) is 4.36. The molecule has 0 aliphatic heterocycles. The van der Waals surface area contributed by atoms with Crippen molar-refractivity contribution in [1.29, 1.82) is 0 Å². The van der Waals surface area contributed by atoms with Crippen molar-refractivity contribution in [1.82, 2.24) is 10.6 Å². The van der Waals surface area contributed by atoms with Gasteiger partial charge in [-0.05, 0) is 35.8 Å². The van der Waals surface area contributed by atoms with Gasteiger partial charge < -0.3 is 10.6 Å². The summed E-state index contributed by atoms with van der Waals surface area (Å²) >= 11 is 0. The van der Waals surface area contributed by atoms with Crippen LogP contribution in [0.2, 0.25) is 0 Å². The number of nitrogens with one attached hydrogen (secondary N) is 2. The molecule has 1 aromatic rings. The van der Waals surface area contributed by atoms with E-state index in [2.05, 4.69) is 60.7 Å². The smallest absolute Gasteiger partial charge is 0.191 e. The van der Waals surface area contributed by atoms with Gasteiger partial charge in [-0.2, -0.15) is 0 Å². The molecule has 0 bridgehead atoms. The first-order valence-corrected chi connectivity index (χ1v) is 11.2. The highest BCUT2D eigenvalue weighted by atomic mass is 32.2. The highest BCUT2D eigenvalue weighted by molar-refractivity contribution is 7.85. The van der Waals surface area contributed by atoms with Gasteiger partial charge in [0.15, 0.2) is 5.96 Å². The minimum Gasteiger partial charge on any atom is -0.354 e. The summed E-state index contributed by atoms with van der Waals surface area (Å²) in [7, 11) is 1.11. The second kappa shape index (κ2) is 9.54. The molecule has 0 spiro atoms. The van der Waals surface area contributed by atoms with Crippen molar-refractivity contribution in [3.05, 3.63) is 35.4 Å². The van der Waals surface area contributed by atoms with E-state index in [1.165, 1.54) is 11.1 Å². The van der Waals surface area contributed by atoms with Crippen LogP contribution in [0.3, 0.4) is 0 Å². The van der Waals surface area contributed by atoms with Gasteiger partial charge in [0.05, 0.1) is 0 Å². The molecule has 0 radical (unpaired) electrons. The van der Waals surface area contributed by atoms with Gasteiger partial charge in [0.1, 0.15) is 0 Å². The topological polar surface area (TPSA) is 53.5 Å². The summed E-state index contributed by atoms with van der Waals surface area (Å²) in [6.07, 6.45) is 4.32. The van der Waals surface area contributed by atoms with E-state index in [-0.39, 0.29) is 5.41 Å². The number of aliphatic imine (C=N–C) groups is 1. The summed E-state index contributed by atoms with van der Waals surface area (Å²) in [6, 6.07) is 9.14. The monoisotopic (exact) mass is 377 g/mol. The van der Waals surface area contributed by atoms with E-state index in [1.54, 1.807) is 0 Å². The van der Waals surface area contributed by atoms with E-state index in [0.29, 0.717) is 11.3 Å². The molecule has 2 rings (SSSR count). The third-order valence-electron chi connectivity index (χ3n) is 5.13. The summed E-state index contributed by atoms with van der Waals surface area (Å²) in [5.74, 6) is 1.59. The molecule has 1 aliphatic rings. The second-order valence-corrected chi connectivity index (χ2v) is 10.2. The Morgan fingerprint density at radius 2 is 1.92 bits per heavy atom. The summed E-state index contributed by atoms with van der Waals surface area (Å²) in [5, 5.41) is 7.27. The lowest BCUT2D eigenvalue weighted by molar-refractivity contribution is 0.413. The van der Waals surface area contributed by atoms with Crippen LogP contribution in [-0.2, 0) is 22.8 Å². The Hall–Kier alpha value is -1.36. The second-order valence-electron chi connectivity index (χ2n) is 8.17. The molecule has 5 heteroatoms. The Labute approximate surface area is 161 Å². The number of benzene rings is 1. The first-order chi connectivity index (χ1) is 12.3. The number of hydrogen-bond donors (Lipinski definition) is 2. The third-order valence-corrected chi connectivity index (χ3v) is 6.87. The van der Waals surface area contributed by atoms with Crippen LogP contribution in [0.25, 0.3) is 0 Å². The van der Waals surface area contributed by atoms with E-state index in [0.717, 1.165) is 43.9 Å². The van der Waals surface area contributed by atoms with Crippen molar-refractivity contribution in [3.63, 3.8) is 0 Å². The summed E-state index contributed by atoms with van der Waals surface area (Å²) < 4.78 is 12.1. The largest absolute Gasteiger partial charge is 0.354 e. The Morgan fingerprint density at radius 3 is 2.50 bits per heavy atom. The lowest BCUT2D eigenvalue weighted by Gasteiger charge is -2.30. The van der Waals surface area contributed by atoms with Crippen molar-refractivity contribution < 1.29 is 4.21 Å². The van der Waals surface area contributed by atoms with Crippen LogP contribution in [-0.4, -0.2) is 34.3 Å². The predicted octanol–water partition coefficient (Wildman–Crippen LogP) is 3.73. The summed E-state index contributed by atoms with van der Waals surface area (Å²) in [6.45, 7) is 9.46. The molecular formula is C21H35N3OS. The molecule has 2 N–H and O–H groups in total. The fraction of sp³-hybridized carbons (Fsp3) is 0.667. The lowest BCUT2D eigenvalue weighted by atomic mass is 9.87. The average Bonchev–Trinajstić information content (AvgIpc) is 2.64. The zero-order valence-electron chi connectivity index (χ0n) is 17.0. The van der Waals surface area contributed by atoms with Crippen LogP contribution in [0, 0.1) is 0 Å². The predicted molar refractivity (Wildman–Crippen MR) is 113 cm³/mol. The molecule has 3 atom stereocenters. The van der Waals surface area contributed by atoms with Gasteiger partial charge >= 0.3 is 0 Å². The Bertz CT molecular complexity index is 619. The SMILES string of the molecule is CCS(=O)C1CCCC(NC(=NC)NCc2ccc(C(C)(C)C)cc2)C1. The zero-order valence-corrected chi connectivity index (χ0v) is 17.8. The molecule has 1 aliphatic carbocycles. The fourth-order valence-electron chi connectivity index (χ4n) is 3.45. The van der Waals surface area contributed by atoms with Crippen LogP contribution in [0.5, 0.6) is 0 Å². The van der Waals surface area contributed by atoms with Gasteiger partial charge in [-0.3, -0.25) is 9.20 Å². The van der Waals surface area contributed by atoms with Crippen molar-refractivity contribution >= 4 is 16.8 Å². The van der Waals surface area contributed by atoms with Crippen LogP contribution in [0.1, 0.15) is 64.5 Å². The van der Waals surface area contributed by atoms with E-state index in [9.17, 15) is 4.21 Å². The average molecular weight is 378 g/mol. The molecule has 1 fully saturated rings. The maximum absolute atomic E-state index is 12.1. The molecule has 3 unspecified atom stereocenters. The molecule has 146 valence electrons. The number of hydrogen-bond acceptors (Lipinski definition) is 2. The van der Waals surface area contributed by atoms with Crippen LogP contribution >= 0.6 is 0 Å². The Morgan fingerprint density at radius 1 is 1.23 bits per heavy atom. The molecule has 1 aromatic carbocycles. The van der Waals surface area contributed by atoms with Crippen molar-refractivity contribution in [2.24, 2.45) is 4.99 Å². The molecule has 4 nitrogen and oxygen atoms in total. The van der Waals surface area contributed by atoms with Gasteiger partial charge in [-0.25, -0.2) is 0 Å². The zero-order chi connectivity index (χ0) is 19.2. The Balaban J connectivity index is 1.87. The number of nitrogens with zero attached hydrogens (tertiary/aromatic N) is 1. The van der Waals surface area contributed by atoms with Crippen LogP contribution < -0.4 is 10.6 Å². The minimum absolute atomic E-state index is 0.180. The standard InChI is InChI=1S/C21H35N3OS/c1-6-26(25)19-9-7-8-18(14-19)24-20(22-5)23-15-16-10-12-17(13-11-16)21(2,3)4/h10-13,18-19H,6-9,14-15H2,1-5H3,(H2,22,23,24). The molecule has 0 heterocycles. The first-order valence-electron chi connectivity index (χ1n) is 9.77. The minimum atomic E-state index is -0.694. The van der Waals surface area contributed by atoms with Crippen LogP contribution in [0.4, 0.5) is 0 Å². The Kier molecular flexibility index (Phi) is 7.69. The number of guanidine groups is 1. The van der Waals surface area contributed by atoms with Crippen LogP contribution in [0.15, 0.2) is 29.3 Å². The van der Waals surface area contributed by atoms with Crippen molar-refractivity contribution in [3.8, 4) is 0 Å². The molecular weight excluding hydrogens is 342 g/mol. The van der Waals surface area contributed by atoms with E-state index in [1.807, 2.05) is 14.0 Å². The lowest BCUT2D eigenvalue weighted by Crippen LogP contribution is -2.46. The molecule has 1 saturated carbocycles. The fourth-order valence-corrected chi connectivity index (χ4v) is 4.79. The normalized spacial score (nSPS) is 22.7. The van der Waals surface area contributed by atoms with E-state index in [4.69, 9.17) is 0 Å². The van der Waals surface area contributed by atoms with Gasteiger partial charge in [0.2, 0.25) is 0 Å². The quantitative estimate of drug-likeness (QED) is 0.607. The van der Waals surface area contributed by atoms with Crippen molar-refractivity contribution in [2.75, 3.05) is 12.8 Å². The van der Waals surface area contributed by atoms with E-state index >= 15 is 0 Å². The maximum atomic E-state index is 12.1. The van der Waals surface area contributed by atoms with Crippen molar-refractivity contribution in [2.45, 2.75) is 76.6 Å². The van der Waals surface area contributed by atoms with Gasteiger partial charge in [0, 0.05) is 41.4 Å². The highest BCUT2D eigenvalue weighted by Crippen LogP contribution is 2.23. The van der Waals surface area contributed by atoms with Gasteiger partial charge in [-0.15, -0.1) is 0 Å². The molecule has 0 amide bonds. The molecule has 0 aromatic heterocycles. The maximum Gasteiger partial charge on any atom is 0.191 e. The van der Waals surface area contributed by atoms with E-state index < -0.39 is 10.8 Å². The highest BCUT2D eigenvalue weighted by Gasteiger charge is 2.26. The first kappa shape index (κ1) is 20.9. The molecule has 26 heavy (non-hydrogen) atoms. The third kappa shape index (κ3) is 6.11. The molecule has 0 saturated heterocycles. The number of rotatable bonds is 5. The van der Waals surface area contributed by atoms with Gasteiger partial charge in [-0.1, -0.05) is 58.4 Å². The van der Waals surface area contributed by atoms with Gasteiger partial charge in [0.25, 0.3) is 0 Å².